The van der Waals surface area contributed by atoms with Crippen LogP contribution >= 0.6 is 0 Å². The van der Waals surface area contributed by atoms with E-state index in [9.17, 15) is 13.5 Å². The zero-order chi connectivity index (χ0) is 15.6. The molecule has 1 aliphatic rings. The monoisotopic (exact) mass is 316 g/mol. The lowest BCUT2D eigenvalue weighted by molar-refractivity contribution is 0.154. The van der Waals surface area contributed by atoms with Gasteiger partial charge in [-0.3, -0.25) is 4.68 Å². The van der Waals surface area contributed by atoms with Crippen molar-refractivity contribution in [1.29, 1.82) is 0 Å². The van der Waals surface area contributed by atoms with Gasteiger partial charge >= 0.3 is 0 Å². The maximum absolute atomic E-state index is 12.4. The molecule has 0 saturated carbocycles. The average molecular weight is 316 g/mol. The molecule has 8 heteroatoms. The molecule has 1 aromatic rings. The minimum Gasteiger partial charge on any atom is -0.395 e. The number of hydrogen-bond donors (Lipinski definition) is 2. The van der Waals surface area contributed by atoms with Gasteiger partial charge in [0.2, 0.25) is 0 Å². The summed E-state index contributed by atoms with van der Waals surface area (Å²) in [5, 5.41) is 13.6. The van der Waals surface area contributed by atoms with Gasteiger partial charge in [0.05, 0.1) is 12.3 Å². The summed E-state index contributed by atoms with van der Waals surface area (Å²) in [6.07, 6.45) is 2.50. The number of nitrogens with one attached hydrogen (secondary N) is 1. The highest BCUT2D eigenvalue weighted by molar-refractivity contribution is 7.87. The maximum atomic E-state index is 12.4. The van der Waals surface area contributed by atoms with Crippen LogP contribution in [0.1, 0.15) is 36.2 Å². The third-order valence-electron chi connectivity index (χ3n) is 4.18. The topological polar surface area (TPSA) is 87.5 Å². The highest BCUT2D eigenvalue weighted by Gasteiger charge is 2.31. The summed E-state index contributed by atoms with van der Waals surface area (Å²) in [5.74, 6) is 0. The lowest BCUT2D eigenvalue weighted by Crippen LogP contribution is -2.50. The van der Waals surface area contributed by atoms with Crippen LogP contribution in [0.2, 0.25) is 0 Å². The Balaban J connectivity index is 2.10. The van der Waals surface area contributed by atoms with Crippen LogP contribution < -0.4 is 4.72 Å². The van der Waals surface area contributed by atoms with Gasteiger partial charge in [0.15, 0.2) is 0 Å². The van der Waals surface area contributed by atoms with Crippen molar-refractivity contribution in [2.24, 2.45) is 7.05 Å². The Labute approximate surface area is 126 Å². The van der Waals surface area contributed by atoms with Crippen LogP contribution in [-0.2, 0) is 23.8 Å². The summed E-state index contributed by atoms with van der Waals surface area (Å²) < 4.78 is 30.6. The molecule has 1 saturated heterocycles. The van der Waals surface area contributed by atoms with Crippen molar-refractivity contribution in [2.45, 2.75) is 45.7 Å². The molecular weight excluding hydrogens is 292 g/mol. The molecule has 1 unspecified atom stereocenters. The summed E-state index contributed by atoms with van der Waals surface area (Å²) in [6.45, 7) is 4.34. The third-order valence-corrected chi connectivity index (χ3v) is 5.79. The van der Waals surface area contributed by atoms with E-state index in [1.54, 1.807) is 4.68 Å². The smallest absolute Gasteiger partial charge is 0.280 e. The second-order valence-electron chi connectivity index (χ2n) is 5.54. The molecule has 0 aliphatic carbocycles. The second kappa shape index (κ2) is 6.43. The Morgan fingerprint density at radius 2 is 2.10 bits per heavy atom. The highest BCUT2D eigenvalue weighted by Crippen LogP contribution is 2.20. The van der Waals surface area contributed by atoms with Crippen molar-refractivity contribution in [3.63, 3.8) is 0 Å². The zero-order valence-corrected chi connectivity index (χ0v) is 13.7. The molecule has 0 bridgehead atoms. The molecule has 2 rings (SSSR count). The van der Waals surface area contributed by atoms with Crippen molar-refractivity contribution in [3.05, 3.63) is 17.0 Å². The SMILES string of the molecule is Cc1nn(C)c(C)c1CNS(=O)(=O)N1CCCCC1CO. The van der Waals surface area contributed by atoms with Crippen LogP contribution in [-0.4, -0.2) is 46.8 Å². The summed E-state index contributed by atoms with van der Waals surface area (Å²) in [5.41, 5.74) is 2.68. The van der Waals surface area contributed by atoms with E-state index in [4.69, 9.17) is 0 Å². The number of nitrogens with zero attached hydrogens (tertiary/aromatic N) is 3. The Kier molecular flexibility index (Phi) is 5.03. The molecule has 0 spiro atoms. The number of aliphatic hydroxyl groups is 1. The Morgan fingerprint density at radius 1 is 1.38 bits per heavy atom. The van der Waals surface area contributed by atoms with Crippen LogP contribution in [0.3, 0.4) is 0 Å². The normalized spacial score (nSPS) is 20.9. The molecule has 1 atom stereocenters. The van der Waals surface area contributed by atoms with Crippen LogP contribution in [0.15, 0.2) is 0 Å². The van der Waals surface area contributed by atoms with E-state index in [1.807, 2.05) is 20.9 Å². The van der Waals surface area contributed by atoms with Gasteiger partial charge in [0.1, 0.15) is 0 Å². The number of aliphatic hydroxyl groups excluding tert-OH is 1. The average Bonchev–Trinajstić information content (AvgIpc) is 2.70. The number of piperidine rings is 1. The Morgan fingerprint density at radius 3 is 2.67 bits per heavy atom. The zero-order valence-electron chi connectivity index (χ0n) is 12.8. The van der Waals surface area contributed by atoms with Gasteiger partial charge in [-0.05, 0) is 26.7 Å². The minimum absolute atomic E-state index is 0.133. The molecule has 2 N–H and O–H groups in total. The van der Waals surface area contributed by atoms with Gasteiger partial charge in [-0.2, -0.15) is 22.5 Å². The van der Waals surface area contributed by atoms with Crippen molar-refractivity contribution in [2.75, 3.05) is 13.2 Å². The molecule has 2 heterocycles. The summed E-state index contributed by atoms with van der Waals surface area (Å²) in [7, 11) is -1.74. The first kappa shape index (κ1) is 16.4. The molecule has 0 radical (unpaired) electrons. The van der Waals surface area contributed by atoms with E-state index in [0.717, 1.165) is 29.8 Å². The molecule has 1 aromatic heterocycles. The standard InChI is InChI=1S/C13H24N4O3S/c1-10-13(11(2)16(3)15-10)8-14-21(19,20)17-7-5-4-6-12(17)9-18/h12,14,18H,4-9H2,1-3H3. The number of aromatic nitrogens is 2. The predicted octanol–water partition coefficient (Wildman–Crippen LogP) is 0.218. The molecule has 1 aliphatic heterocycles. The van der Waals surface area contributed by atoms with Crippen molar-refractivity contribution in [1.82, 2.24) is 18.8 Å². The second-order valence-corrected chi connectivity index (χ2v) is 7.25. The third kappa shape index (κ3) is 3.45. The summed E-state index contributed by atoms with van der Waals surface area (Å²) >= 11 is 0. The van der Waals surface area contributed by atoms with Gasteiger partial charge < -0.3 is 5.11 Å². The Hall–Kier alpha value is -0.960. The first-order chi connectivity index (χ1) is 9.86. The molecule has 7 nitrogen and oxygen atoms in total. The van der Waals surface area contributed by atoms with Gasteiger partial charge in [-0.25, -0.2) is 0 Å². The number of hydrogen-bond acceptors (Lipinski definition) is 4. The number of rotatable bonds is 5. The molecule has 0 aromatic carbocycles. The maximum Gasteiger partial charge on any atom is 0.280 e. The summed E-state index contributed by atoms with van der Waals surface area (Å²) in [6, 6.07) is -0.313. The van der Waals surface area contributed by atoms with Crippen LogP contribution in [0.25, 0.3) is 0 Å². The van der Waals surface area contributed by atoms with Gasteiger partial charge in [0.25, 0.3) is 10.2 Å². The lowest BCUT2D eigenvalue weighted by atomic mass is 10.1. The van der Waals surface area contributed by atoms with Crippen LogP contribution in [0.5, 0.6) is 0 Å². The number of aryl methyl sites for hydroxylation is 2. The fraction of sp³-hybridized carbons (Fsp3) is 0.769. The van der Waals surface area contributed by atoms with E-state index in [1.165, 1.54) is 4.31 Å². The minimum atomic E-state index is -3.58. The van der Waals surface area contributed by atoms with Gasteiger partial charge in [0, 0.05) is 37.4 Å². The van der Waals surface area contributed by atoms with E-state index >= 15 is 0 Å². The molecule has 1 fully saturated rings. The van der Waals surface area contributed by atoms with E-state index in [-0.39, 0.29) is 19.2 Å². The summed E-state index contributed by atoms with van der Waals surface area (Å²) in [4.78, 5) is 0. The molecule has 120 valence electrons. The van der Waals surface area contributed by atoms with E-state index in [2.05, 4.69) is 9.82 Å². The fourth-order valence-corrected chi connectivity index (χ4v) is 4.22. The quantitative estimate of drug-likeness (QED) is 0.813. The first-order valence-corrected chi connectivity index (χ1v) is 8.67. The lowest BCUT2D eigenvalue weighted by Gasteiger charge is -2.33. The predicted molar refractivity (Wildman–Crippen MR) is 79.9 cm³/mol. The van der Waals surface area contributed by atoms with Crippen LogP contribution in [0, 0.1) is 13.8 Å². The molecular formula is C13H24N4O3S. The van der Waals surface area contributed by atoms with Crippen molar-refractivity contribution < 1.29 is 13.5 Å². The highest BCUT2D eigenvalue weighted by atomic mass is 32.2. The Bertz CT molecular complexity index is 597. The van der Waals surface area contributed by atoms with Gasteiger partial charge in [-0.15, -0.1) is 0 Å². The molecule has 0 amide bonds. The fourth-order valence-electron chi connectivity index (χ4n) is 2.79. The van der Waals surface area contributed by atoms with E-state index in [0.29, 0.717) is 13.0 Å². The van der Waals surface area contributed by atoms with Gasteiger partial charge in [-0.1, -0.05) is 6.42 Å². The van der Waals surface area contributed by atoms with Crippen LogP contribution in [0.4, 0.5) is 0 Å². The first-order valence-electron chi connectivity index (χ1n) is 7.23. The van der Waals surface area contributed by atoms with E-state index < -0.39 is 10.2 Å². The van der Waals surface area contributed by atoms with Crippen molar-refractivity contribution >= 4 is 10.2 Å². The largest absolute Gasteiger partial charge is 0.395 e. The van der Waals surface area contributed by atoms with Crippen molar-refractivity contribution in [3.8, 4) is 0 Å². The molecule has 21 heavy (non-hydrogen) atoms.